The molecule has 1 aromatic heterocycles. The minimum atomic E-state index is 0. The first kappa shape index (κ1) is 16.0. The highest BCUT2D eigenvalue weighted by Crippen LogP contribution is 2.18. The van der Waals surface area contributed by atoms with Crippen LogP contribution in [-0.4, -0.2) is 28.8 Å². The number of aryl methyl sites for hydroxylation is 2. The average molecular weight is 287 g/mol. The van der Waals surface area contributed by atoms with Crippen LogP contribution in [0.4, 0.5) is 5.69 Å². The molecule has 2 N–H and O–H groups in total. The van der Waals surface area contributed by atoms with E-state index in [1.54, 1.807) is 0 Å². The van der Waals surface area contributed by atoms with Crippen molar-refractivity contribution in [2.24, 2.45) is 5.92 Å². The van der Waals surface area contributed by atoms with E-state index < -0.39 is 0 Å². The Morgan fingerprint density at radius 2 is 2.21 bits per heavy atom. The number of carbonyl (C=O) groups excluding carboxylic acids is 1. The third kappa shape index (κ3) is 4.51. The third-order valence-electron chi connectivity index (χ3n) is 3.48. The SMILES string of the molecule is CCn1cc(NC(=O)CC2CCNCC2)c(C)n1.Cl. The summed E-state index contributed by atoms with van der Waals surface area (Å²) >= 11 is 0. The van der Waals surface area contributed by atoms with Crippen molar-refractivity contribution in [2.75, 3.05) is 18.4 Å². The Bertz CT molecular complexity index is 413. The van der Waals surface area contributed by atoms with Crippen molar-refractivity contribution in [1.29, 1.82) is 0 Å². The Kier molecular flexibility index (Phi) is 6.31. The maximum Gasteiger partial charge on any atom is 0.224 e. The van der Waals surface area contributed by atoms with E-state index in [2.05, 4.69) is 15.7 Å². The van der Waals surface area contributed by atoms with Crippen molar-refractivity contribution in [3.63, 3.8) is 0 Å². The van der Waals surface area contributed by atoms with Gasteiger partial charge in [-0.25, -0.2) is 0 Å². The van der Waals surface area contributed by atoms with E-state index in [0.717, 1.165) is 43.9 Å². The predicted octanol–water partition coefficient (Wildman–Crippen LogP) is 1.96. The van der Waals surface area contributed by atoms with Crippen molar-refractivity contribution in [2.45, 2.75) is 39.7 Å². The molecule has 1 aromatic rings. The zero-order valence-corrected chi connectivity index (χ0v) is 12.4. The number of carbonyl (C=O) groups is 1. The van der Waals surface area contributed by atoms with Gasteiger partial charge in [0.05, 0.1) is 11.4 Å². The van der Waals surface area contributed by atoms with Gasteiger partial charge < -0.3 is 10.6 Å². The number of rotatable bonds is 4. The second-order valence-electron chi connectivity index (χ2n) is 4.93. The standard InChI is InChI=1S/C13H22N4O.ClH/c1-3-17-9-12(10(2)16-17)15-13(18)8-11-4-6-14-7-5-11;/h9,11,14H,3-8H2,1-2H3,(H,15,18);1H. The van der Waals surface area contributed by atoms with Crippen molar-refractivity contribution in [3.8, 4) is 0 Å². The number of nitrogens with zero attached hydrogens (tertiary/aromatic N) is 2. The van der Waals surface area contributed by atoms with Crippen molar-refractivity contribution >= 4 is 24.0 Å². The Morgan fingerprint density at radius 1 is 1.53 bits per heavy atom. The molecule has 1 fully saturated rings. The van der Waals surface area contributed by atoms with Gasteiger partial charge in [0.15, 0.2) is 0 Å². The number of nitrogens with one attached hydrogen (secondary N) is 2. The Balaban J connectivity index is 0.00000180. The van der Waals surface area contributed by atoms with Crippen LogP contribution in [0.15, 0.2) is 6.20 Å². The number of hydrogen-bond donors (Lipinski definition) is 2. The molecule has 19 heavy (non-hydrogen) atoms. The van der Waals surface area contributed by atoms with E-state index in [-0.39, 0.29) is 18.3 Å². The summed E-state index contributed by atoms with van der Waals surface area (Å²) in [6, 6.07) is 0. The van der Waals surface area contributed by atoms with E-state index in [4.69, 9.17) is 0 Å². The smallest absolute Gasteiger partial charge is 0.224 e. The van der Waals surface area contributed by atoms with E-state index in [9.17, 15) is 4.79 Å². The first-order chi connectivity index (χ1) is 8.69. The Labute approximate surface area is 120 Å². The molecule has 5 nitrogen and oxygen atoms in total. The molecule has 0 bridgehead atoms. The quantitative estimate of drug-likeness (QED) is 0.890. The number of piperidine rings is 1. The second-order valence-corrected chi connectivity index (χ2v) is 4.93. The molecule has 0 radical (unpaired) electrons. The van der Waals surface area contributed by atoms with E-state index in [1.807, 2.05) is 24.7 Å². The number of halogens is 1. The molecule has 1 amide bonds. The van der Waals surface area contributed by atoms with Crippen LogP contribution < -0.4 is 10.6 Å². The zero-order chi connectivity index (χ0) is 13.0. The summed E-state index contributed by atoms with van der Waals surface area (Å²) in [5.41, 5.74) is 1.73. The zero-order valence-electron chi connectivity index (χ0n) is 11.6. The average Bonchev–Trinajstić information content (AvgIpc) is 2.71. The summed E-state index contributed by atoms with van der Waals surface area (Å²) in [7, 11) is 0. The van der Waals surface area contributed by atoms with Crippen molar-refractivity contribution < 1.29 is 4.79 Å². The minimum absolute atomic E-state index is 0. The first-order valence-corrected chi connectivity index (χ1v) is 6.73. The highest BCUT2D eigenvalue weighted by molar-refractivity contribution is 5.91. The van der Waals surface area contributed by atoms with Gasteiger partial charge in [-0.3, -0.25) is 9.48 Å². The highest BCUT2D eigenvalue weighted by Gasteiger charge is 2.17. The molecular weight excluding hydrogens is 264 g/mol. The summed E-state index contributed by atoms with van der Waals surface area (Å²) in [5.74, 6) is 0.633. The summed E-state index contributed by atoms with van der Waals surface area (Å²) < 4.78 is 1.84. The van der Waals surface area contributed by atoms with Gasteiger partial charge in [-0.15, -0.1) is 12.4 Å². The summed E-state index contributed by atoms with van der Waals surface area (Å²) in [6.07, 6.45) is 4.72. The number of amides is 1. The first-order valence-electron chi connectivity index (χ1n) is 6.73. The third-order valence-corrected chi connectivity index (χ3v) is 3.48. The predicted molar refractivity (Wildman–Crippen MR) is 78.7 cm³/mol. The van der Waals surface area contributed by atoms with E-state index >= 15 is 0 Å². The van der Waals surface area contributed by atoms with Gasteiger partial charge in [-0.05, 0) is 45.7 Å². The van der Waals surface area contributed by atoms with Crippen LogP contribution in [0.2, 0.25) is 0 Å². The monoisotopic (exact) mass is 286 g/mol. The van der Waals surface area contributed by atoms with Crippen LogP contribution in [0.5, 0.6) is 0 Å². The molecule has 1 aliphatic rings. The lowest BCUT2D eigenvalue weighted by atomic mass is 9.94. The van der Waals surface area contributed by atoms with Gasteiger partial charge in [0.1, 0.15) is 0 Å². The molecule has 6 heteroatoms. The molecule has 0 saturated carbocycles. The molecule has 0 spiro atoms. The second kappa shape index (κ2) is 7.50. The lowest BCUT2D eigenvalue weighted by Gasteiger charge is -2.21. The molecule has 0 unspecified atom stereocenters. The van der Waals surface area contributed by atoms with Gasteiger partial charge in [-0.1, -0.05) is 0 Å². The molecule has 0 aromatic carbocycles. The fourth-order valence-corrected chi connectivity index (χ4v) is 2.35. The van der Waals surface area contributed by atoms with Crippen LogP contribution >= 0.6 is 12.4 Å². The molecule has 108 valence electrons. The summed E-state index contributed by atoms with van der Waals surface area (Å²) in [6.45, 7) is 6.85. The van der Waals surface area contributed by atoms with E-state index in [0.29, 0.717) is 12.3 Å². The minimum Gasteiger partial charge on any atom is -0.323 e. The highest BCUT2D eigenvalue weighted by atomic mass is 35.5. The Hall–Kier alpha value is -1.07. The van der Waals surface area contributed by atoms with Crippen LogP contribution in [0.3, 0.4) is 0 Å². The van der Waals surface area contributed by atoms with Gasteiger partial charge in [0.2, 0.25) is 5.91 Å². The molecule has 1 saturated heterocycles. The van der Waals surface area contributed by atoms with Gasteiger partial charge >= 0.3 is 0 Å². The van der Waals surface area contributed by atoms with Crippen LogP contribution in [0.1, 0.15) is 31.9 Å². The van der Waals surface area contributed by atoms with Gasteiger partial charge in [0, 0.05) is 19.2 Å². The van der Waals surface area contributed by atoms with Crippen LogP contribution in [0.25, 0.3) is 0 Å². The molecule has 1 aliphatic heterocycles. The largest absolute Gasteiger partial charge is 0.323 e. The fourth-order valence-electron chi connectivity index (χ4n) is 2.35. The summed E-state index contributed by atoms with van der Waals surface area (Å²) in [4.78, 5) is 12.0. The van der Waals surface area contributed by atoms with Crippen LogP contribution in [0, 0.1) is 12.8 Å². The topological polar surface area (TPSA) is 59.0 Å². The Morgan fingerprint density at radius 3 is 2.79 bits per heavy atom. The molecule has 0 aliphatic carbocycles. The van der Waals surface area contributed by atoms with Crippen molar-refractivity contribution in [3.05, 3.63) is 11.9 Å². The number of hydrogen-bond acceptors (Lipinski definition) is 3. The molecule has 0 atom stereocenters. The maximum absolute atomic E-state index is 12.0. The number of anilines is 1. The lowest BCUT2D eigenvalue weighted by molar-refractivity contribution is -0.117. The maximum atomic E-state index is 12.0. The molecule has 2 heterocycles. The summed E-state index contributed by atoms with van der Waals surface area (Å²) in [5, 5.41) is 10.6. The molecule has 2 rings (SSSR count). The number of aromatic nitrogens is 2. The molecular formula is C13H23ClN4O. The van der Waals surface area contributed by atoms with Gasteiger partial charge in [0.25, 0.3) is 0 Å². The normalized spacial score (nSPS) is 15.9. The van der Waals surface area contributed by atoms with Gasteiger partial charge in [-0.2, -0.15) is 5.10 Å². The fraction of sp³-hybridized carbons (Fsp3) is 0.692. The van der Waals surface area contributed by atoms with Crippen LogP contribution in [-0.2, 0) is 11.3 Å². The van der Waals surface area contributed by atoms with E-state index in [1.165, 1.54) is 0 Å². The van der Waals surface area contributed by atoms with Crippen molar-refractivity contribution in [1.82, 2.24) is 15.1 Å². The lowest BCUT2D eigenvalue weighted by Crippen LogP contribution is -2.30.